The molecule has 0 saturated carbocycles. The van der Waals surface area contributed by atoms with Gasteiger partial charge in [0, 0.05) is 5.69 Å². The molecule has 0 atom stereocenters. The van der Waals surface area contributed by atoms with E-state index in [-0.39, 0.29) is 25.9 Å². The van der Waals surface area contributed by atoms with Crippen molar-refractivity contribution in [1.82, 2.24) is 4.98 Å². The molecule has 8 heteroatoms. The molecule has 0 bridgehead atoms. The Bertz CT molecular complexity index is 690. The summed E-state index contributed by atoms with van der Waals surface area (Å²) in [6, 6.07) is 6.74. The molecule has 4 nitrogen and oxygen atoms in total. The number of amides is 1. The number of halogens is 4. The number of carbonyl (C=O) groups excluding carboxylic acids is 1. The lowest BCUT2D eigenvalue weighted by atomic mass is 10.2. The number of ether oxygens (including phenoxy) is 1. The summed E-state index contributed by atoms with van der Waals surface area (Å²) in [6.07, 6.45) is 0. The quantitative estimate of drug-likeness (QED) is 0.782. The summed E-state index contributed by atoms with van der Waals surface area (Å²) in [5.41, 5.74) is 0.438. The average molecular weight is 366 g/mol. The molecule has 2 rings (SSSR count). The Morgan fingerprint density at radius 3 is 2.24 bits per heavy atom. The summed E-state index contributed by atoms with van der Waals surface area (Å²) in [4.78, 5) is 16.0. The van der Waals surface area contributed by atoms with E-state index in [1.807, 2.05) is 0 Å². The Hall–Kier alpha value is -1.20. The maximum atomic E-state index is 12.2. The molecule has 0 aliphatic carbocycles. The second-order valence-corrected chi connectivity index (χ2v) is 5.37. The van der Waals surface area contributed by atoms with Gasteiger partial charge in [0.15, 0.2) is 0 Å². The smallest absolute Gasteiger partial charge is 0.275 e. The average Bonchev–Trinajstić information content (AvgIpc) is 2.49. The number of hydrogen-bond donors (Lipinski definition) is 1. The number of nitrogens with zero attached hydrogens (tertiary/aromatic N) is 1. The van der Waals surface area contributed by atoms with E-state index in [9.17, 15) is 4.79 Å². The van der Waals surface area contributed by atoms with Gasteiger partial charge in [0.1, 0.15) is 16.6 Å². The topological polar surface area (TPSA) is 51.2 Å². The molecule has 0 fully saturated rings. The number of rotatable bonds is 3. The van der Waals surface area contributed by atoms with E-state index in [0.717, 1.165) is 0 Å². The third kappa shape index (κ3) is 3.52. The lowest BCUT2D eigenvalue weighted by molar-refractivity contribution is 0.102. The number of aromatic nitrogens is 1. The molecule has 1 aromatic heterocycles. The number of hydrogen-bond acceptors (Lipinski definition) is 3. The predicted molar refractivity (Wildman–Crippen MR) is 85.2 cm³/mol. The number of anilines is 1. The van der Waals surface area contributed by atoms with Crippen LogP contribution in [-0.2, 0) is 0 Å². The molecule has 0 spiro atoms. The van der Waals surface area contributed by atoms with Crippen molar-refractivity contribution in [2.45, 2.75) is 0 Å². The second kappa shape index (κ2) is 6.71. The van der Waals surface area contributed by atoms with Gasteiger partial charge in [-0.2, -0.15) is 0 Å². The van der Waals surface area contributed by atoms with Gasteiger partial charge in [-0.3, -0.25) is 4.79 Å². The van der Waals surface area contributed by atoms with E-state index in [4.69, 9.17) is 51.1 Å². The molecule has 0 radical (unpaired) electrons. The van der Waals surface area contributed by atoms with Crippen LogP contribution in [0.3, 0.4) is 0 Å². The molecule has 2 aromatic rings. The summed E-state index contributed by atoms with van der Waals surface area (Å²) in [5.74, 6) is 0.118. The van der Waals surface area contributed by atoms with E-state index in [2.05, 4.69) is 10.3 Å². The molecule has 21 heavy (non-hydrogen) atoms. The maximum absolute atomic E-state index is 12.2. The van der Waals surface area contributed by atoms with E-state index < -0.39 is 5.91 Å². The van der Waals surface area contributed by atoms with Crippen LogP contribution in [0.15, 0.2) is 24.3 Å². The molecule has 110 valence electrons. The molecule has 0 unspecified atom stereocenters. The van der Waals surface area contributed by atoms with Crippen molar-refractivity contribution in [2.24, 2.45) is 0 Å². The molecular formula is C13H8Cl4N2O2. The van der Waals surface area contributed by atoms with Crippen molar-refractivity contribution in [2.75, 3.05) is 12.4 Å². The van der Waals surface area contributed by atoms with Crippen LogP contribution in [0.25, 0.3) is 0 Å². The normalized spacial score (nSPS) is 10.3. The third-order valence-electron chi connectivity index (χ3n) is 2.55. The van der Waals surface area contributed by atoms with Crippen molar-refractivity contribution in [1.29, 1.82) is 0 Å². The van der Waals surface area contributed by atoms with Gasteiger partial charge in [0.2, 0.25) is 0 Å². The standard InChI is InChI=1S/C13H8Cl4N2O2/c1-21-7-4-2-6(3-5-7)18-13(20)11-9(15)8(14)10(16)12(17)19-11/h2-5H,1H3,(H,18,20). The minimum atomic E-state index is -0.550. The highest BCUT2D eigenvalue weighted by Crippen LogP contribution is 2.36. The summed E-state index contributed by atoms with van der Waals surface area (Å²) in [7, 11) is 1.55. The molecule has 0 aliphatic rings. The zero-order chi connectivity index (χ0) is 15.6. The van der Waals surface area contributed by atoms with Crippen LogP contribution in [0.1, 0.15) is 10.5 Å². The van der Waals surface area contributed by atoms with E-state index in [0.29, 0.717) is 11.4 Å². The first-order chi connectivity index (χ1) is 9.93. The van der Waals surface area contributed by atoms with Crippen molar-refractivity contribution in [3.63, 3.8) is 0 Å². The van der Waals surface area contributed by atoms with Gasteiger partial charge < -0.3 is 10.1 Å². The van der Waals surface area contributed by atoms with Crippen molar-refractivity contribution >= 4 is 58.0 Å². The number of carbonyl (C=O) groups is 1. The highest BCUT2D eigenvalue weighted by molar-refractivity contribution is 6.52. The van der Waals surface area contributed by atoms with Gasteiger partial charge in [-0.05, 0) is 24.3 Å². The van der Waals surface area contributed by atoms with Crippen molar-refractivity contribution in [3.05, 3.63) is 50.2 Å². The SMILES string of the molecule is COc1ccc(NC(=O)c2nc(Cl)c(Cl)c(Cl)c2Cl)cc1. The molecule has 1 amide bonds. The van der Waals surface area contributed by atoms with E-state index in [1.54, 1.807) is 31.4 Å². The van der Waals surface area contributed by atoms with Gasteiger partial charge >= 0.3 is 0 Å². The monoisotopic (exact) mass is 364 g/mol. The molecule has 1 aromatic carbocycles. The van der Waals surface area contributed by atoms with Gasteiger partial charge in [0.25, 0.3) is 5.91 Å². The van der Waals surface area contributed by atoms with Gasteiger partial charge in [-0.25, -0.2) is 4.98 Å². The van der Waals surface area contributed by atoms with Crippen LogP contribution < -0.4 is 10.1 Å². The Morgan fingerprint density at radius 1 is 1.05 bits per heavy atom. The second-order valence-electron chi connectivity index (χ2n) is 3.88. The zero-order valence-corrected chi connectivity index (χ0v) is 13.6. The van der Waals surface area contributed by atoms with Crippen LogP contribution in [0.5, 0.6) is 5.75 Å². The first-order valence-electron chi connectivity index (χ1n) is 5.59. The van der Waals surface area contributed by atoms with E-state index >= 15 is 0 Å². The number of benzene rings is 1. The lowest BCUT2D eigenvalue weighted by Gasteiger charge is -2.09. The third-order valence-corrected chi connectivity index (χ3v) is 4.22. The summed E-state index contributed by atoms with van der Waals surface area (Å²) < 4.78 is 5.03. The van der Waals surface area contributed by atoms with Crippen molar-refractivity contribution < 1.29 is 9.53 Å². The van der Waals surface area contributed by atoms with Crippen LogP contribution in [0.4, 0.5) is 5.69 Å². The van der Waals surface area contributed by atoms with Crippen LogP contribution >= 0.6 is 46.4 Å². The van der Waals surface area contributed by atoms with Crippen LogP contribution in [-0.4, -0.2) is 18.0 Å². The summed E-state index contributed by atoms with van der Waals surface area (Å²) in [6.45, 7) is 0. The van der Waals surface area contributed by atoms with Crippen LogP contribution in [0.2, 0.25) is 20.2 Å². The van der Waals surface area contributed by atoms with Crippen LogP contribution in [0, 0.1) is 0 Å². The predicted octanol–water partition coefficient (Wildman–Crippen LogP) is 4.96. The number of pyridine rings is 1. The Balaban J connectivity index is 2.28. The fourth-order valence-corrected chi connectivity index (χ4v) is 2.32. The Morgan fingerprint density at radius 2 is 1.67 bits per heavy atom. The fourth-order valence-electron chi connectivity index (χ4n) is 1.50. The molecular weight excluding hydrogens is 358 g/mol. The van der Waals surface area contributed by atoms with Gasteiger partial charge in [-0.1, -0.05) is 46.4 Å². The number of methoxy groups -OCH3 is 1. The Labute approximate surface area is 140 Å². The summed E-state index contributed by atoms with van der Waals surface area (Å²) in [5, 5.41) is 2.46. The minimum Gasteiger partial charge on any atom is -0.497 e. The first kappa shape index (κ1) is 16.2. The molecule has 0 aliphatic heterocycles. The highest BCUT2D eigenvalue weighted by Gasteiger charge is 2.20. The molecule has 0 saturated heterocycles. The minimum absolute atomic E-state index is 0.00401. The molecule has 1 N–H and O–H groups in total. The maximum Gasteiger partial charge on any atom is 0.275 e. The largest absolute Gasteiger partial charge is 0.497 e. The van der Waals surface area contributed by atoms with E-state index in [1.165, 1.54) is 0 Å². The van der Waals surface area contributed by atoms with Crippen molar-refractivity contribution in [3.8, 4) is 5.75 Å². The fraction of sp³-hybridized carbons (Fsp3) is 0.0769. The van der Waals surface area contributed by atoms with Gasteiger partial charge in [-0.15, -0.1) is 0 Å². The molecule has 1 heterocycles. The first-order valence-corrected chi connectivity index (χ1v) is 7.10. The lowest BCUT2D eigenvalue weighted by Crippen LogP contribution is -2.14. The Kier molecular flexibility index (Phi) is 5.17. The number of nitrogens with one attached hydrogen (secondary N) is 1. The zero-order valence-electron chi connectivity index (χ0n) is 10.6. The summed E-state index contributed by atoms with van der Waals surface area (Å²) >= 11 is 23.4. The van der Waals surface area contributed by atoms with Gasteiger partial charge in [0.05, 0.1) is 22.2 Å². The highest BCUT2D eigenvalue weighted by atomic mass is 35.5.